The Bertz CT molecular complexity index is 999. The zero-order valence-electron chi connectivity index (χ0n) is 13.4. The van der Waals surface area contributed by atoms with Crippen LogP contribution in [0, 0.1) is 28.8 Å². The minimum Gasteiger partial charge on any atom is -0.510 e. The van der Waals surface area contributed by atoms with Gasteiger partial charge in [-0.1, -0.05) is 12.1 Å². The summed E-state index contributed by atoms with van der Waals surface area (Å²) in [4.78, 5) is 6.72. The molecule has 0 amide bonds. The molecule has 4 nitrogen and oxygen atoms in total. The Morgan fingerprint density at radius 2 is 1.88 bits per heavy atom. The van der Waals surface area contributed by atoms with Gasteiger partial charge >= 0.3 is 0 Å². The van der Waals surface area contributed by atoms with Gasteiger partial charge in [0.25, 0.3) is 0 Å². The normalized spacial score (nSPS) is 13.3. The predicted molar refractivity (Wildman–Crippen MR) is 92.9 cm³/mol. The summed E-state index contributed by atoms with van der Waals surface area (Å²) in [6.45, 7) is 1.47. The van der Waals surface area contributed by atoms with Crippen molar-refractivity contribution in [3.63, 3.8) is 0 Å². The highest BCUT2D eigenvalue weighted by molar-refractivity contribution is 8.00. The van der Waals surface area contributed by atoms with E-state index in [0.717, 1.165) is 0 Å². The van der Waals surface area contributed by atoms with Gasteiger partial charge in [-0.3, -0.25) is 0 Å². The Morgan fingerprint density at radius 3 is 2.50 bits per heavy atom. The summed E-state index contributed by atoms with van der Waals surface area (Å²) in [6.07, 6.45) is 0. The fraction of sp³-hybridized carbons (Fsp3) is 0.111. The van der Waals surface area contributed by atoms with Gasteiger partial charge in [-0.2, -0.15) is 5.26 Å². The minimum atomic E-state index is -1.07. The molecule has 0 saturated heterocycles. The molecule has 2 aromatic carbocycles. The highest BCUT2D eigenvalue weighted by Gasteiger charge is 2.22. The van der Waals surface area contributed by atoms with Crippen LogP contribution in [0.15, 0.2) is 47.1 Å². The van der Waals surface area contributed by atoms with Crippen molar-refractivity contribution < 1.29 is 18.3 Å². The summed E-state index contributed by atoms with van der Waals surface area (Å²) >= 11 is 0.642. The van der Waals surface area contributed by atoms with Crippen LogP contribution in [-0.2, 0) is 0 Å². The number of hydrogen-bond acceptors (Lipinski definition) is 4. The van der Waals surface area contributed by atoms with E-state index in [-0.39, 0.29) is 17.2 Å². The third-order valence-electron chi connectivity index (χ3n) is 3.64. The van der Waals surface area contributed by atoms with Crippen molar-refractivity contribution in [1.29, 1.82) is 5.26 Å². The summed E-state index contributed by atoms with van der Waals surface area (Å²) < 4.78 is 40.6. The van der Waals surface area contributed by atoms with Crippen LogP contribution in [0.2, 0.25) is 0 Å². The second-order valence-corrected chi connectivity index (χ2v) is 6.78. The summed E-state index contributed by atoms with van der Waals surface area (Å²) in [5, 5.41) is 18.9. The second-order valence-electron chi connectivity index (χ2n) is 5.43. The number of rotatable bonds is 4. The molecule has 0 aliphatic rings. The van der Waals surface area contributed by atoms with Gasteiger partial charge in [-0.05, 0) is 19.1 Å². The molecule has 1 aromatic heterocycles. The number of H-pyrrole nitrogens is 1. The molecule has 1 unspecified atom stereocenters. The molecule has 0 radical (unpaired) electrons. The molecule has 0 spiro atoms. The molecular formula is C18H12F3N3OS. The van der Waals surface area contributed by atoms with Gasteiger partial charge in [0.2, 0.25) is 0 Å². The molecule has 3 aromatic rings. The molecule has 132 valence electrons. The molecule has 0 aliphatic heterocycles. The number of benzene rings is 2. The number of allylic oxidation sites excluding steroid dienone is 1. The minimum absolute atomic E-state index is 0.135. The summed E-state index contributed by atoms with van der Waals surface area (Å²) in [7, 11) is 0. The molecule has 0 aliphatic carbocycles. The van der Waals surface area contributed by atoms with Gasteiger partial charge in [0, 0.05) is 12.1 Å². The first-order chi connectivity index (χ1) is 12.4. The lowest BCUT2D eigenvalue weighted by atomic mass is 10.2. The lowest BCUT2D eigenvalue weighted by Crippen LogP contribution is -2.06. The number of halogens is 3. The number of thioether (sulfide) groups is 1. The van der Waals surface area contributed by atoms with Crippen molar-refractivity contribution in [2.75, 3.05) is 0 Å². The lowest BCUT2D eigenvalue weighted by Gasteiger charge is -2.13. The maximum absolute atomic E-state index is 13.8. The molecule has 0 fully saturated rings. The smallest absolute Gasteiger partial charge is 0.152 e. The van der Waals surface area contributed by atoms with E-state index in [2.05, 4.69) is 9.97 Å². The molecule has 0 saturated carbocycles. The predicted octanol–water partition coefficient (Wildman–Crippen LogP) is 4.95. The topological polar surface area (TPSA) is 72.7 Å². The van der Waals surface area contributed by atoms with E-state index in [1.807, 2.05) is 6.07 Å². The summed E-state index contributed by atoms with van der Waals surface area (Å²) in [5.41, 5.74) is 1.15. The van der Waals surface area contributed by atoms with Crippen LogP contribution in [0.1, 0.15) is 12.7 Å². The number of hydrogen-bond donors (Lipinski definition) is 2. The zero-order valence-corrected chi connectivity index (χ0v) is 14.2. The van der Waals surface area contributed by atoms with Crippen LogP contribution in [0.4, 0.5) is 13.2 Å². The molecule has 0 bridgehead atoms. The van der Waals surface area contributed by atoms with Crippen molar-refractivity contribution in [1.82, 2.24) is 9.97 Å². The fourth-order valence-electron chi connectivity index (χ4n) is 2.38. The first-order valence-electron chi connectivity index (χ1n) is 7.50. The van der Waals surface area contributed by atoms with Crippen molar-refractivity contribution >= 4 is 28.4 Å². The molecule has 3 rings (SSSR count). The SMILES string of the molecule is CC(Sc1c(F)cc(F)cc1F)/C(O)=C(\C#N)c1nc2ccccc2[nH]1. The lowest BCUT2D eigenvalue weighted by molar-refractivity contribution is 0.401. The second kappa shape index (κ2) is 7.14. The van der Waals surface area contributed by atoms with Gasteiger partial charge in [0.1, 0.15) is 34.9 Å². The average molecular weight is 375 g/mol. The van der Waals surface area contributed by atoms with Gasteiger partial charge in [0.15, 0.2) is 5.82 Å². The van der Waals surface area contributed by atoms with Crippen LogP contribution in [0.25, 0.3) is 16.6 Å². The highest BCUT2D eigenvalue weighted by atomic mass is 32.2. The number of nitrogens with one attached hydrogen (secondary N) is 1. The molecule has 8 heteroatoms. The van der Waals surface area contributed by atoms with Crippen molar-refractivity contribution in [2.24, 2.45) is 0 Å². The van der Waals surface area contributed by atoms with E-state index in [4.69, 9.17) is 0 Å². The van der Waals surface area contributed by atoms with Crippen LogP contribution in [0.3, 0.4) is 0 Å². The number of fused-ring (bicyclic) bond motifs is 1. The Balaban J connectivity index is 1.96. The van der Waals surface area contributed by atoms with E-state index in [0.29, 0.717) is 34.9 Å². The molecule has 26 heavy (non-hydrogen) atoms. The molecule has 1 atom stereocenters. The van der Waals surface area contributed by atoms with E-state index >= 15 is 0 Å². The van der Waals surface area contributed by atoms with Gasteiger partial charge in [0.05, 0.1) is 21.2 Å². The number of aromatic nitrogens is 2. The van der Waals surface area contributed by atoms with E-state index in [1.54, 1.807) is 24.3 Å². The average Bonchev–Trinajstić information content (AvgIpc) is 3.02. The number of nitriles is 1. The van der Waals surface area contributed by atoms with E-state index in [1.165, 1.54) is 6.92 Å². The van der Waals surface area contributed by atoms with Gasteiger partial charge < -0.3 is 10.1 Å². The van der Waals surface area contributed by atoms with Gasteiger partial charge in [-0.15, -0.1) is 11.8 Å². The maximum Gasteiger partial charge on any atom is 0.152 e. The summed E-state index contributed by atoms with van der Waals surface area (Å²) in [5.74, 6) is -3.42. The standard InChI is InChI=1S/C18H12F3N3OS/c1-9(26-17-12(20)6-10(19)7-13(17)21)16(25)11(8-22)18-23-14-4-2-3-5-15(14)24-18/h2-7,9,25H,1H3,(H,23,24)/b16-11-. The molecule has 1 heterocycles. The number of nitrogens with zero attached hydrogens (tertiary/aromatic N) is 2. The van der Waals surface area contributed by atoms with Crippen LogP contribution >= 0.6 is 11.8 Å². The fourth-order valence-corrected chi connectivity index (χ4v) is 3.31. The number of para-hydroxylation sites is 2. The molecular weight excluding hydrogens is 363 g/mol. The number of aliphatic hydroxyl groups is 1. The van der Waals surface area contributed by atoms with E-state index in [9.17, 15) is 23.5 Å². The monoisotopic (exact) mass is 375 g/mol. The Labute approximate surface area is 151 Å². The Kier molecular flexibility index (Phi) is 4.91. The van der Waals surface area contributed by atoms with E-state index < -0.39 is 27.6 Å². The number of imidazole rings is 1. The van der Waals surface area contributed by atoms with Crippen LogP contribution in [-0.4, -0.2) is 20.3 Å². The number of aromatic amines is 1. The highest BCUT2D eigenvalue weighted by Crippen LogP contribution is 2.34. The van der Waals surface area contributed by atoms with Crippen molar-refractivity contribution in [2.45, 2.75) is 17.1 Å². The third kappa shape index (κ3) is 3.39. The first kappa shape index (κ1) is 17.9. The zero-order chi connectivity index (χ0) is 18.8. The van der Waals surface area contributed by atoms with Crippen LogP contribution < -0.4 is 0 Å². The summed E-state index contributed by atoms with van der Waals surface area (Å²) in [6, 6.07) is 10.0. The quantitative estimate of drug-likeness (QED) is 0.384. The first-order valence-corrected chi connectivity index (χ1v) is 8.38. The third-order valence-corrected chi connectivity index (χ3v) is 4.84. The van der Waals surface area contributed by atoms with Crippen molar-refractivity contribution in [3.05, 3.63) is 65.4 Å². The number of aliphatic hydroxyl groups excluding tert-OH is 1. The Morgan fingerprint density at radius 1 is 1.23 bits per heavy atom. The maximum atomic E-state index is 13.8. The molecule has 2 N–H and O–H groups in total. The van der Waals surface area contributed by atoms with Crippen LogP contribution in [0.5, 0.6) is 0 Å². The van der Waals surface area contributed by atoms with Gasteiger partial charge in [-0.25, -0.2) is 18.2 Å². The van der Waals surface area contributed by atoms with Crippen molar-refractivity contribution in [3.8, 4) is 6.07 Å². The largest absolute Gasteiger partial charge is 0.510 e. The Hall–Kier alpha value is -2.92.